The SMILES string of the molecule is CCCCC(=O)OC[C@H](CO)OC(=O)CCCC.C[N+](C)(C)CCOP([O-])(=S)S. The summed E-state index contributed by atoms with van der Waals surface area (Å²) in [6.45, 7) is 4.73. The van der Waals surface area contributed by atoms with Gasteiger partial charge >= 0.3 is 11.9 Å². The lowest BCUT2D eigenvalue weighted by atomic mass is 10.2. The van der Waals surface area contributed by atoms with E-state index in [1.807, 2.05) is 35.0 Å². The number of hydrogen-bond donors (Lipinski definition) is 2. The van der Waals surface area contributed by atoms with Crippen LogP contribution in [-0.2, 0) is 35.4 Å². The van der Waals surface area contributed by atoms with Gasteiger partial charge in [-0.05, 0) is 12.8 Å². The van der Waals surface area contributed by atoms with Crippen LogP contribution in [0, 0.1) is 0 Å². The van der Waals surface area contributed by atoms with Crippen molar-refractivity contribution in [2.75, 3.05) is 47.5 Å². The number of carbonyl (C=O) groups excluding carboxylic acids is 2. The zero-order chi connectivity index (χ0) is 22.9. The molecule has 0 aliphatic heterocycles. The van der Waals surface area contributed by atoms with Crippen LogP contribution in [0.25, 0.3) is 0 Å². The molecule has 8 nitrogen and oxygen atoms in total. The number of aliphatic hydroxyl groups excluding tert-OH is 1. The Morgan fingerprint density at radius 1 is 1.14 bits per heavy atom. The van der Waals surface area contributed by atoms with E-state index >= 15 is 0 Å². The molecule has 0 aromatic rings. The van der Waals surface area contributed by atoms with Crippen molar-refractivity contribution in [1.29, 1.82) is 0 Å². The fraction of sp³-hybridized carbons (Fsp3) is 0.889. The molecule has 0 saturated heterocycles. The Labute approximate surface area is 185 Å². The second kappa shape index (κ2) is 17.5. The summed E-state index contributed by atoms with van der Waals surface area (Å²) in [5.41, 5.74) is -2.98. The summed E-state index contributed by atoms with van der Waals surface area (Å²) in [6, 6.07) is 0. The van der Waals surface area contributed by atoms with Crippen LogP contribution in [0.2, 0.25) is 0 Å². The molecule has 29 heavy (non-hydrogen) atoms. The van der Waals surface area contributed by atoms with Gasteiger partial charge in [-0.25, -0.2) is 0 Å². The Bertz CT molecular complexity index is 495. The number of rotatable bonds is 14. The van der Waals surface area contributed by atoms with Gasteiger partial charge in [0.1, 0.15) is 19.8 Å². The highest BCUT2D eigenvalue weighted by atomic mass is 32.9. The van der Waals surface area contributed by atoms with Gasteiger partial charge in [0, 0.05) is 18.5 Å². The predicted molar refractivity (Wildman–Crippen MR) is 119 cm³/mol. The predicted octanol–water partition coefficient (Wildman–Crippen LogP) is 2.04. The topological polar surface area (TPSA) is 105 Å². The van der Waals surface area contributed by atoms with E-state index < -0.39 is 11.8 Å². The first-order valence-electron chi connectivity index (χ1n) is 9.79. The van der Waals surface area contributed by atoms with E-state index in [0.717, 1.165) is 36.7 Å². The Morgan fingerprint density at radius 2 is 1.66 bits per heavy atom. The molecule has 2 atom stereocenters. The summed E-state index contributed by atoms with van der Waals surface area (Å²) in [6.07, 6.45) is 3.30. The number of esters is 2. The molecule has 0 aromatic carbocycles. The van der Waals surface area contributed by atoms with Crippen molar-refractivity contribution >= 4 is 41.7 Å². The van der Waals surface area contributed by atoms with E-state index in [1.165, 1.54) is 0 Å². The molecule has 0 radical (unpaired) electrons. The van der Waals surface area contributed by atoms with Gasteiger partial charge in [-0.1, -0.05) is 38.5 Å². The van der Waals surface area contributed by atoms with Crippen LogP contribution in [0.15, 0.2) is 0 Å². The Kier molecular flexibility index (Phi) is 18.6. The molecule has 0 amide bonds. The average molecular weight is 476 g/mol. The molecule has 0 fully saturated rings. The van der Waals surface area contributed by atoms with Gasteiger partial charge in [0.2, 0.25) is 0 Å². The maximum absolute atomic E-state index is 11.3. The molecule has 1 unspecified atom stereocenters. The van der Waals surface area contributed by atoms with Gasteiger partial charge in [-0.2, -0.15) is 0 Å². The van der Waals surface area contributed by atoms with Crippen LogP contribution in [0.4, 0.5) is 0 Å². The Balaban J connectivity index is 0. The zero-order valence-corrected chi connectivity index (χ0v) is 20.9. The van der Waals surface area contributed by atoms with Gasteiger partial charge in [0.05, 0.1) is 27.7 Å². The lowest BCUT2D eigenvalue weighted by Crippen LogP contribution is -2.37. The van der Waals surface area contributed by atoms with Gasteiger partial charge in [-0.15, -0.1) is 12.2 Å². The van der Waals surface area contributed by atoms with Crippen LogP contribution >= 0.6 is 17.9 Å². The highest BCUT2D eigenvalue weighted by Crippen LogP contribution is 2.41. The normalized spacial score (nSPS) is 14.2. The van der Waals surface area contributed by atoms with Crippen LogP contribution in [0.5, 0.6) is 0 Å². The van der Waals surface area contributed by atoms with E-state index in [-0.39, 0.29) is 25.2 Å². The zero-order valence-electron chi connectivity index (χ0n) is 18.3. The van der Waals surface area contributed by atoms with E-state index in [4.69, 9.17) is 19.1 Å². The number of unbranched alkanes of at least 4 members (excludes halogenated alkanes) is 2. The van der Waals surface area contributed by atoms with Crippen molar-refractivity contribution in [3.63, 3.8) is 0 Å². The summed E-state index contributed by atoms with van der Waals surface area (Å²) >= 11 is 8.09. The molecule has 1 N–H and O–H groups in total. The molecule has 0 spiro atoms. The second-order valence-electron chi connectivity index (χ2n) is 7.50. The van der Waals surface area contributed by atoms with Crippen LogP contribution < -0.4 is 4.89 Å². The first-order chi connectivity index (χ1) is 13.3. The number of thiol groups is 1. The minimum absolute atomic E-state index is 0.0725. The number of ether oxygens (including phenoxy) is 2. The lowest BCUT2D eigenvalue weighted by molar-refractivity contribution is -0.870. The summed E-state index contributed by atoms with van der Waals surface area (Å²) in [4.78, 5) is 33.3. The molecule has 0 aliphatic rings. The first-order valence-corrected chi connectivity index (χ1v) is 13.6. The van der Waals surface area contributed by atoms with Gasteiger partial charge < -0.3 is 28.5 Å². The van der Waals surface area contributed by atoms with Crippen molar-refractivity contribution in [2.45, 2.75) is 58.5 Å². The highest BCUT2D eigenvalue weighted by molar-refractivity contribution is 8.59. The fourth-order valence-corrected chi connectivity index (χ4v) is 2.48. The van der Waals surface area contributed by atoms with Crippen LogP contribution in [-0.4, -0.2) is 75.1 Å². The molecular formula is C18H38NO7PS2. The number of likely N-dealkylation sites (N-methyl/N-ethyl adjacent to an activating group) is 1. The number of aliphatic hydroxyl groups is 1. The molecule has 0 bridgehead atoms. The Morgan fingerprint density at radius 3 is 2.07 bits per heavy atom. The van der Waals surface area contributed by atoms with E-state index in [2.05, 4.69) is 24.1 Å². The van der Waals surface area contributed by atoms with E-state index in [9.17, 15) is 14.5 Å². The molecule has 0 heterocycles. The average Bonchev–Trinajstić information content (AvgIpc) is 2.59. The van der Waals surface area contributed by atoms with E-state index in [1.54, 1.807) is 0 Å². The van der Waals surface area contributed by atoms with Crippen molar-refractivity contribution in [1.82, 2.24) is 0 Å². The molecule has 0 aliphatic carbocycles. The summed E-state index contributed by atoms with van der Waals surface area (Å²) in [5, 5.41) is 9.02. The standard InChI is InChI=1S/C13H24O5.C5H14NO2PS2/c1-3-5-7-12(15)17-10-11(9-14)18-13(16)8-6-4-2;1-6(2,3)4-5-8-9(7,10)11/h11,14H,3-10H2,1-2H3;4-5H2,1-3H3,(H-,7,10,11)/t11-;/m0./s1. The lowest BCUT2D eigenvalue weighted by Gasteiger charge is -2.27. The van der Waals surface area contributed by atoms with Gasteiger partial charge in [0.25, 0.3) is 0 Å². The number of nitrogens with zero attached hydrogens (tertiary/aromatic N) is 1. The smallest absolute Gasteiger partial charge is 0.306 e. The van der Waals surface area contributed by atoms with Crippen LogP contribution in [0.3, 0.4) is 0 Å². The van der Waals surface area contributed by atoms with Crippen molar-refractivity contribution in [3.8, 4) is 0 Å². The van der Waals surface area contributed by atoms with Crippen molar-refractivity contribution in [2.24, 2.45) is 0 Å². The number of carbonyl (C=O) groups is 2. The molecule has 0 saturated carbocycles. The maximum Gasteiger partial charge on any atom is 0.306 e. The van der Waals surface area contributed by atoms with Gasteiger partial charge in [-0.3, -0.25) is 9.59 Å². The largest absolute Gasteiger partial charge is 0.793 e. The van der Waals surface area contributed by atoms with Crippen molar-refractivity contribution < 1.29 is 38.1 Å². The molecule has 0 rings (SSSR count). The number of quaternary nitrogens is 1. The second-order valence-corrected chi connectivity index (χ2v) is 12.5. The fourth-order valence-electron chi connectivity index (χ4n) is 1.70. The molecule has 174 valence electrons. The molecular weight excluding hydrogens is 437 g/mol. The monoisotopic (exact) mass is 475 g/mol. The third-order valence-electron chi connectivity index (χ3n) is 3.42. The first kappa shape index (κ1) is 31.0. The Hall–Kier alpha value is -0.220. The van der Waals surface area contributed by atoms with Crippen molar-refractivity contribution in [3.05, 3.63) is 0 Å². The summed E-state index contributed by atoms with van der Waals surface area (Å²) < 4.78 is 15.5. The van der Waals surface area contributed by atoms with E-state index in [0.29, 0.717) is 19.4 Å². The summed E-state index contributed by atoms with van der Waals surface area (Å²) in [7, 11) is 6.07. The highest BCUT2D eigenvalue weighted by Gasteiger charge is 2.15. The third-order valence-corrected chi connectivity index (χ3v) is 4.59. The maximum atomic E-state index is 11.3. The number of hydrogen-bond acceptors (Lipinski definition) is 8. The van der Waals surface area contributed by atoms with Crippen LogP contribution in [0.1, 0.15) is 52.4 Å². The molecule has 0 aromatic heterocycles. The quantitative estimate of drug-likeness (QED) is 0.170. The summed E-state index contributed by atoms with van der Waals surface area (Å²) in [5.74, 6) is -0.680. The minimum atomic E-state index is -2.98. The third kappa shape index (κ3) is 25.7. The minimum Gasteiger partial charge on any atom is -0.793 e. The van der Waals surface area contributed by atoms with Gasteiger partial charge in [0.15, 0.2) is 6.10 Å². The molecule has 11 heteroatoms.